The highest BCUT2D eigenvalue weighted by atomic mass is 16.5. The zero-order valence-electron chi connectivity index (χ0n) is 21.6. The molecule has 0 aliphatic heterocycles. The Morgan fingerprint density at radius 3 is 2.52 bits per heavy atom. The molecule has 0 heterocycles. The predicted molar refractivity (Wildman–Crippen MR) is 130 cm³/mol. The van der Waals surface area contributed by atoms with Gasteiger partial charge in [-0.2, -0.15) is 0 Å². The summed E-state index contributed by atoms with van der Waals surface area (Å²) in [6.45, 7) is 12.9. The molecule has 0 aromatic rings. The van der Waals surface area contributed by atoms with E-state index in [4.69, 9.17) is 4.74 Å². The summed E-state index contributed by atoms with van der Waals surface area (Å²) < 4.78 is 5.41. The zero-order chi connectivity index (χ0) is 24.2. The van der Waals surface area contributed by atoms with E-state index < -0.39 is 11.0 Å². The van der Waals surface area contributed by atoms with Crippen LogP contribution in [0.4, 0.5) is 0 Å². The lowest BCUT2D eigenvalue weighted by Gasteiger charge is -2.59. The van der Waals surface area contributed by atoms with Crippen molar-refractivity contribution in [3.63, 3.8) is 0 Å². The fourth-order valence-corrected chi connectivity index (χ4v) is 8.14. The number of esters is 1. The van der Waals surface area contributed by atoms with Crippen molar-refractivity contribution in [1.29, 1.82) is 0 Å². The van der Waals surface area contributed by atoms with Crippen molar-refractivity contribution < 1.29 is 19.4 Å². The van der Waals surface area contributed by atoms with Crippen LogP contribution in [0.15, 0.2) is 23.3 Å². The van der Waals surface area contributed by atoms with E-state index in [0.29, 0.717) is 36.7 Å². The molecule has 4 heteroatoms. The molecular weight excluding hydrogens is 412 g/mol. The molecule has 0 unspecified atom stereocenters. The molecule has 184 valence electrons. The van der Waals surface area contributed by atoms with Crippen LogP contribution in [0.5, 0.6) is 0 Å². The van der Waals surface area contributed by atoms with E-state index in [9.17, 15) is 14.7 Å². The topological polar surface area (TPSA) is 63.6 Å². The summed E-state index contributed by atoms with van der Waals surface area (Å²) in [5, 5.41) is 12.3. The average Bonchev–Trinajstić information content (AvgIpc) is 3.07. The molecule has 4 aliphatic rings. The van der Waals surface area contributed by atoms with Gasteiger partial charge in [0.15, 0.2) is 5.78 Å². The van der Waals surface area contributed by atoms with Crippen molar-refractivity contribution in [2.24, 2.45) is 34.5 Å². The molecular formula is C29H44O4. The maximum Gasteiger partial charge on any atom is 0.303 e. The molecule has 0 spiro atoms. The summed E-state index contributed by atoms with van der Waals surface area (Å²) in [5.74, 6) is 2.04. The number of aliphatic hydroxyl groups is 1. The third kappa shape index (κ3) is 3.94. The molecule has 4 aliphatic carbocycles. The fourth-order valence-electron chi connectivity index (χ4n) is 8.14. The van der Waals surface area contributed by atoms with Gasteiger partial charge in [0, 0.05) is 17.9 Å². The van der Waals surface area contributed by atoms with Crippen LogP contribution >= 0.6 is 0 Å². The standard InChI is InChI=1S/C29H44O4/c1-18(2)8-7-9-19(3)22-10-11-23-24-17-26(31)25-16-21(33-20(4)30)12-13-28(25,6)29(24,32)15-14-27(22,23)5/h16-19,21-23,32H,7-15H2,1-6H3/t19-,21+,22-,23+,27-,28+,29-/m1/s1. The summed E-state index contributed by atoms with van der Waals surface area (Å²) in [6.07, 6.45) is 12.4. The van der Waals surface area contributed by atoms with Crippen LogP contribution in [-0.4, -0.2) is 28.6 Å². The number of hydrogen-bond donors (Lipinski definition) is 1. The Morgan fingerprint density at radius 2 is 1.85 bits per heavy atom. The normalized spacial score (nSPS) is 41.0. The van der Waals surface area contributed by atoms with Crippen LogP contribution < -0.4 is 0 Å². The molecule has 7 atom stereocenters. The van der Waals surface area contributed by atoms with Crippen LogP contribution in [-0.2, 0) is 14.3 Å². The highest BCUT2D eigenvalue weighted by molar-refractivity contribution is 6.07. The summed E-state index contributed by atoms with van der Waals surface area (Å²) in [4.78, 5) is 24.9. The molecule has 0 radical (unpaired) electrons. The van der Waals surface area contributed by atoms with Gasteiger partial charge in [-0.15, -0.1) is 0 Å². The first-order chi connectivity index (χ1) is 15.4. The summed E-state index contributed by atoms with van der Waals surface area (Å²) in [5.41, 5.74) is 0.221. The van der Waals surface area contributed by atoms with Crippen molar-refractivity contribution in [3.05, 3.63) is 23.3 Å². The number of rotatable bonds is 6. The second-order valence-corrected chi connectivity index (χ2v) is 12.5. The Bertz CT molecular complexity index is 869. The second-order valence-electron chi connectivity index (χ2n) is 12.5. The van der Waals surface area contributed by atoms with E-state index in [2.05, 4.69) is 34.6 Å². The van der Waals surface area contributed by atoms with Crippen molar-refractivity contribution >= 4 is 11.8 Å². The first-order valence-electron chi connectivity index (χ1n) is 13.3. The minimum absolute atomic E-state index is 0.00621. The molecule has 33 heavy (non-hydrogen) atoms. The van der Waals surface area contributed by atoms with Crippen LogP contribution in [0.2, 0.25) is 0 Å². The Hall–Kier alpha value is -1.42. The zero-order valence-corrected chi connectivity index (χ0v) is 21.6. The molecule has 0 saturated heterocycles. The van der Waals surface area contributed by atoms with Crippen LogP contribution in [0.25, 0.3) is 0 Å². The van der Waals surface area contributed by atoms with Crippen molar-refractivity contribution in [2.45, 2.75) is 111 Å². The quantitative estimate of drug-likeness (QED) is 0.485. The Morgan fingerprint density at radius 1 is 1.12 bits per heavy atom. The number of carbonyl (C=O) groups excluding carboxylic acids is 2. The lowest BCUT2D eigenvalue weighted by atomic mass is 9.47. The van der Waals surface area contributed by atoms with E-state index >= 15 is 0 Å². The van der Waals surface area contributed by atoms with Gasteiger partial charge in [-0.25, -0.2) is 0 Å². The van der Waals surface area contributed by atoms with Crippen molar-refractivity contribution in [1.82, 2.24) is 0 Å². The molecule has 4 nitrogen and oxygen atoms in total. The number of ketones is 1. The smallest absolute Gasteiger partial charge is 0.303 e. The number of carbonyl (C=O) groups is 2. The number of allylic oxidation sites excluding steroid dienone is 1. The maximum atomic E-state index is 13.4. The minimum Gasteiger partial charge on any atom is -0.458 e. The molecule has 0 bridgehead atoms. The summed E-state index contributed by atoms with van der Waals surface area (Å²) >= 11 is 0. The predicted octanol–water partition coefficient (Wildman–Crippen LogP) is 6.17. The van der Waals surface area contributed by atoms with Crippen LogP contribution in [0.1, 0.15) is 99.3 Å². The third-order valence-electron chi connectivity index (χ3n) is 10.1. The monoisotopic (exact) mass is 456 g/mol. The van der Waals surface area contributed by atoms with E-state index in [1.54, 1.807) is 6.08 Å². The largest absolute Gasteiger partial charge is 0.458 e. The van der Waals surface area contributed by atoms with E-state index in [-0.39, 0.29) is 29.2 Å². The molecule has 2 fully saturated rings. The highest BCUT2D eigenvalue weighted by Gasteiger charge is 2.64. The van der Waals surface area contributed by atoms with E-state index in [1.165, 1.54) is 32.6 Å². The third-order valence-corrected chi connectivity index (χ3v) is 10.1. The highest BCUT2D eigenvalue weighted by Crippen LogP contribution is 2.67. The Labute approximate surface area is 200 Å². The first kappa shape index (κ1) is 24.7. The van der Waals surface area contributed by atoms with Crippen molar-refractivity contribution in [3.8, 4) is 0 Å². The van der Waals surface area contributed by atoms with Gasteiger partial charge in [-0.1, -0.05) is 53.9 Å². The van der Waals surface area contributed by atoms with E-state index in [1.807, 2.05) is 6.08 Å². The van der Waals surface area contributed by atoms with Gasteiger partial charge in [0.25, 0.3) is 0 Å². The number of ether oxygens (including phenoxy) is 1. The molecule has 4 rings (SSSR count). The lowest BCUT2D eigenvalue weighted by Crippen LogP contribution is -2.60. The van der Waals surface area contributed by atoms with Gasteiger partial charge >= 0.3 is 5.97 Å². The second kappa shape index (κ2) is 8.66. The van der Waals surface area contributed by atoms with Gasteiger partial charge in [-0.05, 0) is 85.3 Å². The maximum absolute atomic E-state index is 13.4. The molecule has 2 saturated carbocycles. The number of hydrogen-bond acceptors (Lipinski definition) is 4. The molecule has 0 aromatic carbocycles. The van der Waals surface area contributed by atoms with Gasteiger partial charge in [0.2, 0.25) is 0 Å². The number of fused-ring (bicyclic) bond motifs is 5. The fraction of sp³-hybridized carbons (Fsp3) is 0.793. The van der Waals surface area contributed by atoms with Gasteiger partial charge in [0.1, 0.15) is 6.10 Å². The van der Waals surface area contributed by atoms with Crippen LogP contribution in [0, 0.1) is 34.5 Å². The van der Waals surface area contributed by atoms with E-state index in [0.717, 1.165) is 24.3 Å². The molecule has 0 aromatic heterocycles. The van der Waals surface area contributed by atoms with Gasteiger partial charge in [0.05, 0.1) is 5.60 Å². The van der Waals surface area contributed by atoms with Gasteiger partial charge in [-0.3, -0.25) is 9.59 Å². The summed E-state index contributed by atoms with van der Waals surface area (Å²) in [6, 6.07) is 0. The van der Waals surface area contributed by atoms with Crippen molar-refractivity contribution in [2.75, 3.05) is 0 Å². The van der Waals surface area contributed by atoms with Gasteiger partial charge < -0.3 is 9.84 Å². The Kier molecular flexibility index (Phi) is 6.48. The summed E-state index contributed by atoms with van der Waals surface area (Å²) in [7, 11) is 0. The average molecular weight is 457 g/mol. The van der Waals surface area contributed by atoms with Crippen LogP contribution in [0.3, 0.4) is 0 Å². The minimum atomic E-state index is -0.978. The molecule has 1 N–H and O–H groups in total. The lowest BCUT2D eigenvalue weighted by molar-refractivity contribution is -0.147. The molecule has 0 amide bonds. The first-order valence-corrected chi connectivity index (χ1v) is 13.3. The SMILES string of the molecule is CC(=O)O[C@@H]1C=C2C(=O)C=C3[C@@H]4CC[C@H]([C@H](C)CCCC(C)C)[C@@]4(C)CC[C@]3(O)[C@@]2(C)CC1. The Balaban J connectivity index is 1.62.